The van der Waals surface area contributed by atoms with Gasteiger partial charge in [0.1, 0.15) is 5.82 Å². The van der Waals surface area contributed by atoms with E-state index in [2.05, 4.69) is 9.97 Å². The summed E-state index contributed by atoms with van der Waals surface area (Å²) < 4.78 is 12.1. The number of imidazole rings is 1. The van der Waals surface area contributed by atoms with Crippen LogP contribution in [0.5, 0.6) is 0 Å². The largest absolute Gasteiger partial charge is 0.345 e. The van der Waals surface area contributed by atoms with Crippen molar-refractivity contribution in [3.63, 3.8) is 0 Å². The standard InChI is InChI=1S/C11H11FN2/c12-5-4-9-2-1-3-10(8-9)11-13-6-7-14-11/h1-3,6-8H,4-5H2,(H,13,14). The van der Waals surface area contributed by atoms with E-state index in [1.165, 1.54) is 0 Å². The summed E-state index contributed by atoms with van der Waals surface area (Å²) >= 11 is 0. The highest BCUT2D eigenvalue weighted by atomic mass is 19.1. The molecule has 0 atom stereocenters. The predicted octanol–water partition coefficient (Wildman–Crippen LogP) is 2.59. The van der Waals surface area contributed by atoms with Gasteiger partial charge in [0.25, 0.3) is 0 Å². The van der Waals surface area contributed by atoms with Gasteiger partial charge in [0.05, 0.1) is 6.67 Å². The molecule has 0 saturated carbocycles. The molecule has 0 radical (unpaired) electrons. The Morgan fingerprint density at radius 1 is 1.36 bits per heavy atom. The first kappa shape index (κ1) is 8.94. The Bertz CT molecular complexity index is 395. The van der Waals surface area contributed by atoms with Gasteiger partial charge in [-0.1, -0.05) is 18.2 Å². The van der Waals surface area contributed by atoms with Gasteiger partial charge in [0.2, 0.25) is 0 Å². The van der Waals surface area contributed by atoms with Crippen molar-refractivity contribution in [2.24, 2.45) is 0 Å². The molecule has 2 rings (SSSR count). The SMILES string of the molecule is FCCc1cccc(-c2ncc[nH]2)c1. The number of aromatic amines is 1. The van der Waals surface area contributed by atoms with Crippen molar-refractivity contribution < 1.29 is 4.39 Å². The van der Waals surface area contributed by atoms with Crippen LogP contribution in [0.3, 0.4) is 0 Å². The molecule has 3 heteroatoms. The molecule has 1 heterocycles. The third-order valence-electron chi connectivity index (χ3n) is 2.08. The normalized spacial score (nSPS) is 10.4. The minimum Gasteiger partial charge on any atom is -0.345 e. The van der Waals surface area contributed by atoms with Crippen LogP contribution < -0.4 is 0 Å². The monoisotopic (exact) mass is 190 g/mol. The maximum atomic E-state index is 12.1. The van der Waals surface area contributed by atoms with Gasteiger partial charge in [-0.15, -0.1) is 0 Å². The summed E-state index contributed by atoms with van der Waals surface area (Å²) in [6, 6.07) is 7.76. The van der Waals surface area contributed by atoms with E-state index in [1.54, 1.807) is 12.4 Å². The fraction of sp³-hybridized carbons (Fsp3) is 0.182. The van der Waals surface area contributed by atoms with E-state index in [-0.39, 0.29) is 6.67 Å². The second-order valence-electron chi connectivity index (χ2n) is 3.08. The number of rotatable bonds is 3. The van der Waals surface area contributed by atoms with Gasteiger partial charge in [-0.3, -0.25) is 4.39 Å². The average molecular weight is 190 g/mol. The van der Waals surface area contributed by atoms with Crippen molar-refractivity contribution in [2.75, 3.05) is 6.67 Å². The first-order valence-electron chi connectivity index (χ1n) is 4.55. The molecule has 1 N–H and O–H groups in total. The smallest absolute Gasteiger partial charge is 0.137 e. The van der Waals surface area contributed by atoms with Crippen molar-refractivity contribution in [1.29, 1.82) is 0 Å². The minimum atomic E-state index is -0.318. The fourth-order valence-electron chi connectivity index (χ4n) is 1.41. The van der Waals surface area contributed by atoms with Crippen molar-refractivity contribution in [3.8, 4) is 11.4 Å². The molecule has 0 saturated heterocycles. The highest BCUT2D eigenvalue weighted by molar-refractivity contribution is 5.55. The van der Waals surface area contributed by atoms with Crippen LogP contribution in [-0.2, 0) is 6.42 Å². The van der Waals surface area contributed by atoms with Crippen LogP contribution in [0.15, 0.2) is 36.7 Å². The topological polar surface area (TPSA) is 28.7 Å². The van der Waals surface area contributed by atoms with Crippen LogP contribution >= 0.6 is 0 Å². The van der Waals surface area contributed by atoms with Crippen LogP contribution in [0.1, 0.15) is 5.56 Å². The van der Waals surface area contributed by atoms with Crippen molar-refractivity contribution in [2.45, 2.75) is 6.42 Å². The molecule has 1 aromatic carbocycles. The quantitative estimate of drug-likeness (QED) is 0.791. The molecule has 72 valence electrons. The number of nitrogens with one attached hydrogen (secondary N) is 1. The van der Waals surface area contributed by atoms with Crippen molar-refractivity contribution in [1.82, 2.24) is 9.97 Å². The molecule has 0 fully saturated rings. The second kappa shape index (κ2) is 4.05. The summed E-state index contributed by atoms with van der Waals surface area (Å²) in [4.78, 5) is 7.16. The predicted molar refractivity (Wildman–Crippen MR) is 53.7 cm³/mol. The molecule has 0 spiro atoms. The zero-order valence-electron chi connectivity index (χ0n) is 7.70. The summed E-state index contributed by atoms with van der Waals surface area (Å²) in [5.41, 5.74) is 2.00. The van der Waals surface area contributed by atoms with Gasteiger partial charge in [0, 0.05) is 24.4 Å². The minimum absolute atomic E-state index is 0.318. The Morgan fingerprint density at radius 3 is 3.00 bits per heavy atom. The van der Waals surface area contributed by atoms with E-state index in [4.69, 9.17) is 0 Å². The van der Waals surface area contributed by atoms with Gasteiger partial charge in [0.15, 0.2) is 0 Å². The number of aromatic nitrogens is 2. The maximum absolute atomic E-state index is 12.1. The Kier molecular flexibility index (Phi) is 2.58. The van der Waals surface area contributed by atoms with E-state index in [0.717, 1.165) is 17.0 Å². The molecule has 0 aliphatic carbocycles. The van der Waals surface area contributed by atoms with E-state index < -0.39 is 0 Å². The second-order valence-corrected chi connectivity index (χ2v) is 3.08. The molecule has 2 nitrogen and oxygen atoms in total. The first-order chi connectivity index (χ1) is 6.90. The fourth-order valence-corrected chi connectivity index (χ4v) is 1.41. The van der Waals surface area contributed by atoms with Crippen molar-refractivity contribution >= 4 is 0 Å². The highest BCUT2D eigenvalue weighted by Gasteiger charge is 2.00. The lowest BCUT2D eigenvalue weighted by molar-refractivity contribution is 0.495. The molecule has 0 bridgehead atoms. The number of halogens is 1. The van der Waals surface area contributed by atoms with E-state index >= 15 is 0 Å². The molecule has 0 unspecified atom stereocenters. The zero-order chi connectivity index (χ0) is 9.80. The lowest BCUT2D eigenvalue weighted by atomic mass is 10.1. The number of benzene rings is 1. The molecular formula is C11H11FN2. The third-order valence-corrected chi connectivity index (χ3v) is 2.08. The number of hydrogen-bond acceptors (Lipinski definition) is 1. The Hall–Kier alpha value is -1.64. The summed E-state index contributed by atoms with van der Waals surface area (Å²) in [6.07, 6.45) is 3.95. The highest BCUT2D eigenvalue weighted by Crippen LogP contribution is 2.16. The molecule has 2 aromatic rings. The van der Waals surface area contributed by atoms with Crippen LogP contribution in [0.4, 0.5) is 4.39 Å². The summed E-state index contributed by atoms with van der Waals surface area (Å²) in [7, 11) is 0. The Balaban J connectivity index is 2.31. The van der Waals surface area contributed by atoms with Gasteiger partial charge >= 0.3 is 0 Å². The molecular weight excluding hydrogens is 179 g/mol. The zero-order valence-corrected chi connectivity index (χ0v) is 7.70. The molecule has 1 aromatic heterocycles. The molecule has 0 amide bonds. The van der Waals surface area contributed by atoms with Gasteiger partial charge in [-0.25, -0.2) is 4.98 Å². The first-order valence-corrected chi connectivity index (χ1v) is 4.55. The average Bonchev–Trinajstić information content (AvgIpc) is 2.71. The van der Waals surface area contributed by atoms with Gasteiger partial charge in [-0.2, -0.15) is 0 Å². The van der Waals surface area contributed by atoms with E-state index in [1.807, 2.05) is 24.3 Å². The summed E-state index contributed by atoms with van der Waals surface area (Å²) in [6.45, 7) is -0.318. The van der Waals surface area contributed by atoms with Gasteiger partial charge in [-0.05, 0) is 11.6 Å². The van der Waals surface area contributed by atoms with Crippen LogP contribution in [0.25, 0.3) is 11.4 Å². The maximum Gasteiger partial charge on any atom is 0.137 e. The van der Waals surface area contributed by atoms with Crippen LogP contribution in [-0.4, -0.2) is 16.6 Å². The Labute approximate surface area is 81.8 Å². The molecule has 0 aliphatic heterocycles. The lowest BCUT2D eigenvalue weighted by Crippen LogP contribution is -1.88. The van der Waals surface area contributed by atoms with Crippen molar-refractivity contribution in [3.05, 3.63) is 42.2 Å². The van der Waals surface area contributed by atoms with Crippen LogP contribution in [0.2, 0.25) is 0 Å². The lowest BCUT2D eigenvalue weighted by Gasteiger charge is -2.00. The Morgan fingerprint density at radius 2 is 2.29 bits per heavy atom. The summed E-state index contributed by atoms with van der Waals surface area (Å²) in [5.74, 6) is 0.825. The van der Waals surface area contributed by atoms with Gasteiger partial charge < -0.3 is 4.98 Å². The number of hydrogen-bond donors (Lipinski definition) is 1. The summed E-state index contributed by atoms with van der Waals surface area (Å²) in [5, 5.41) is 0. The number of aryl methyl sites for hydroxylation is 1. The van der Waals surface area contributed by atoms with Crippen LogP contribution in [0, 0.1) is 0 Å². The number of nitrogens with zero attached hydrogens (tertiary/aromatic N) is 1. The molecule has 0 aliphatic rings. The van der Waals surface area contributed by atoms with E-state index in [0.29, 0.717) is 6.42 Å². The van der Waals surface area contributed by atoms with E-state index in [9.17, 15) is 4.39 Å². The molecule has 14 heavy (non-hydrogen) atoms. The third kappa shape index (κ3) is 1.82. The number of alkyl halides is 1. The number of H-pyrrole nitrogens is 1.